The zero-order chi connectivity index (χ0) is 27.3. The van der Waals surface area contributed by atoms with Crippen molar-refractivity contribution in [3.8, 4) is 29.1 Å². The summed E-state index contributed by atoms with van der Waals surface area (Å²) in [4.78, 5) is 36.1. The van der Waals surface area contributed by atoms with E-state index < -0.39 is 17.9 Å². The molecule has 0 aromatic heterocycles. The molecule has 0 N–H and O–H groups in total. The predicted octanol–water partition coefficient (Wildman–Crippen LogP) is 5.69. The molecule has 0 unspecified atom stereocenters. The van der Waals surface area contributed by atoms with Crippen LogP contribution in [0.3, 0.4) is 0 Å². The Morgan fingerprint density at radius 2 is 1.45 bits per heavy atom. The van der Waals surface area contributed by atoms with Crippen molar-refractivity contribution in [2.75, 3.05) is 13.2 Å². The molecule has 38 heavy (non-hydrogen) atoms. The van der Waals surface area contributed by atoms with Crippen molar-refractivity contribution in [2.24, 2.45) is 0 Å². The minimum atomic E-state index is -0.533. The second-order valence-electron chi connectivity index (χ2n) is 8.11. The van der Waals surface area contributed by atoms with Gasteiger partial charge in [-0.2, -0.15) is 0 Å². The van der Waals surface area contributed by atoms with Crippen molar-refractivity contribution in [3.05, 3.63) is 102 Å². The summed E-state index contributed by atoms with van der Waals surface area (Å²) in [6.07, 6.45) is 2.50. The van der Waals surface area contributed by atoms with E-state index >= 15 is 0 Å². The molecule has 0 heterocycles. The number of rotatable bonds is 11. The first kappa shape index (κ1) is 27.8. The highest BCUT2D eigenvalue weighted by atomic mass is 16.5. The minimum absolute atomic E-state index is 0.309. The van der Waals surface area contributed by atoms with E-state index in [1.807, 2.05) is 0 Å². The summed E-state index contributed by atoms with van der Waals surface area (Å²) in [5.41, 5.74) is 2.13. The molecule has 0 aliphatic heterocycles. The highest BCUT2D eigenvalue weighted by Crippen LogP contribution is 2.23. The van der Waals surface area contributed by atoms with Crippen LogP contribution >= 0.6 is 0 Å². The molecular weight excluding hydrogens is 484 g/mol. The lowest BCUT2D eigenvalue weighted by molar-refractivity contribution is -0.137. The van der Waals surface area contributed by atoms with E-state index in [-0.39, 0.29) is 0 Å². The molecule has 0 aliphatic rings. The lowest BCUT2D eigenvalue weighted by atomic mass is 10.1. The minimum Gasteiger partial charge on any atom is -0.494 e. The smallest absolute Gasteiger partial charge is 0.343 e. The van der Waals surface area contributed by atoms with Crippen LogP contribution in [-0.2, 0) is 9.53 Å². The molecule has 0 saturated carbocycles. The topological polar surface area (TPSA) is 88.1 Å². The number of hydrogen-bond donors (Lipinski definition) is 0. The molecule has 0 amide bonds. The van der Waals surface area contributed by atoms with Gasteiger partial charge in [0.05, 0.1) is 24.3 Å². The van der Waals surface area contributed by atoms with Crippen LogP contribution in [0, 0.1) is 18.8 Å². The third kappa shape index (κ3) is 8.38. The van der Waals surface area contributed by atoms with Crippen molar-refractivity contribution in [3.63, 3.8) is 0 Å². The first-order valence-corrected chi connectivity index (χ1v) is 12.0. The van der Waals surface area contributed by atoms with Gasteiger partial charge in [-0.1, -0.05) is 12.5 Å². The van der Waals surface area contributed by atoms with E-state index in [9.17, 15) is 14.4 Å². The van der Waals surface area contributed by atoms with Crippen molar-refractivity contribution < 1.29 is 33.3 Å². The maximum atomic E-state index is 12.6. The Morgan fingerprint density at radius 3 is 2.11 bits per heavy atom. The van der Waals surface area contributed by atoms with E-state index in [4.69, 9.17) is 18.9 Å². The van der Waals surface area contributed by atoms with E-state index in [1.54, 1.807) is 80.6 Å². The Hall–Kier alpha value is -4.83. The van der Waals surface area contributed by atoms with Gasteiger partial charge in [-0.3, -0.25) is 0 Å². The number of carbonyl (C=O) groups is 3. The third-order valence-corrected chi connectivity index (χ3v) is 5.26. The molecule has 3 aromatic carbocycles. The number of ether oxygens (including phenoxy) is 4. The first-order chi connectivity index (χ1) is 18.4. The van der Waals surface area contributed by atoms with E-state index in [0.717, 1.165) is 11.6 Å². The predicted molar refractivity (Wildman–Crippen MR) is 142 cm³/mol. The average molecular weight is 513 g/mol. The SMILES string of the molecule is C=CC(=O)OCCCCOc1ccc(C(=O)Oc2ccc(C(=O)Oc3ccc(C#CC)cc3)cc2C)cc1. The second-order valence-corrected chi connectivity index (χ2v) is 8.11. The Bertz CT molecular complexity index is 1340. The Morgan fingerprint density at radius 1 is 0.816 bits per heavy atom. The molecule has 0 bridgehead atoms. The summed E-state index contributed by atoms with van der Waals surface area (Å²) in [5.74, 6) is 5.60. The van der Waals surface area contributed by atoms with Gasteiger partial charge in [-0.25, -0.2) is 14.4 Å². The number of hydrogen-bond acceptors (Lipinski definition) is 7. The number of esters is 3. The Balaban J connectivity index is 1.50. The van der Waals surface area contributed by atoms with Crippen LogP contribution in [0.1, 0.15) is 51.6 Å². The molecule has 0 spiro atoms. The Labute approximate surface area is 222 Å². The molecule has 7 heteroatoms. The quantitative estimate of drug-likeness (QED) is 0.107. The molecule has 0 fully saturated rings. The number of carbonyl (C=O) groups excluding carboxylic acids is 3. The first-order valence-electron chi connectivity index (χ1n) is 12.0. The molecule has 3 aromatic rings. The fourth-order valence-corrected chi connectivity index (χ4v) is 3.28. The van der Waals surface area contributed by atoms with Gasteiger partial charge in [0.1, 0.15) is 17.2 Å². The average Bonchev–Trinajstić information content (AvgIpc) is 2.93. The van der Waals surface area contributed by atoms with Gasteiger partial charge in [0, 0.05) is 11.6 Å². The van der Waals surface area contributed by atoms with Gasteiger partial charge in [-0.15, -0.1) is 5.92 Å². The number of benzene rings is 3. The lowest BCUT2D eigenvalue weighted by Gasteiger charge is -2.10. The van der Waals surface area contributed by atoms with Gasteiger partial charge in [0.25, 0.3) is 0 Å². The van der Waals surface area contributed by atoms with Gasteiger partial charge < -0.3 is 18.9 Å². The number of aryl methyl sites for hydroxylation is 1. The van der Waals surface area contributed by atoms with Gasteiger partial charge in [-0.05, 0) is 99.0 Å². The molecule has 0 aliphatic carbocycles. The summed E-state index contributed by atoms with van der Waals surface area (Å²) < 4.78 is 21.5. The number of unbranched alkanes of at least 4 members (excludes halogenated alkanes) is 1. The molecule has 0 radical (unpaired) electrons. The summed E-state index contributed by atoms with van der Waals surface area (Å²) in [5, 5.41) is 0. The van der Waals surface area contributed by atoms with Gasteiger partial charge >= 0.3 is 17.9 Å². The lowest BCUT2D eigenvalue weighted by Crippen LogP contribution is -2.11. The molecular formula is C31H28O7. The van der Waals surface area contributed by atoms with Crippen molar-refractivity contribution in [2.45, 2.75) is 26.7 Å². The van der Waals surface area contributed by atoms with Crippen LogP contribution in [0.15, 0.2) is 79.4 Å². The summed E-state index contributed by atoms with van der Waals surface area (Å²) in [6, 6.07) is 18.2. The maximum absolute atomic E-state index is 12.6. The van der Waals surface area contributed by atoms with Crippen LogP contribution in [-0.4, -0.2) is 31.1 Å². The second kappa shape index (κ2) is 14.0. The molecule has 0 saturated heterocycles. The zero-order valence-electron chi connectivity index (χ0n) is 21.3. The summed E-state index contributed by atoms with van der Waals surface area (Å²) in [6.45, 7) is 7.59. The summed E-state index contributed by atoms with van der Waals surface area (Å²) >= 11 is 0. The molecule has 7 nitrogen and oxygen atoms in total. The maximum Gasteiger partial charge on any atom is 0.343 e. The van der Waals surface area contributed by atoms with E-state index in [0.29, 0.717) is 60.0 Å². The highest BCUT2D eigenvalue weighted by Gasteiger charge is 2.14. The third-order valence-electron chi connectivity index (χ3n) is 5.26. The van der Waals surface area contributed by atoms with Crippen LogP contribution in [0.5, 0.6) is 17.2 Å². The fourth-order valence-electron chi connectivity index (χ4n) is 3.28. The van der Waals surface area contributed by atoms with E-state index in [1.165, 1.54) is 0 Å². The van der Waals surface area contributed by atoms with Crippen molar-refractivity contribution >= 4 is 17.9 Å². The Kier molecular flexibility index (Phi) is 10.3. The van der Waals surface area contributed by atoms with Crippen molar-refractivity contribution in [1.82, 2.24) is 0 Å². The summed E-state index contributed by atoms with van der Waals surface area (Å²) in [7, 11) is 0. The van der Waals surface area contributed by atoms with Crippen LogP contribution in [0.2, 0.25) is 0 Å². The van der Waals surface area contributed by atoms with Gasteiger partial charge in [0.2, 0.25) is 0 Å². The van der Waals surface area contributed by atoms with Gasteiger partial charge in [0.15, 0.2) is 0 Å². The fraction of sp³-hybridized carbons (Fsp3) is 0.194. The standard InChI is InChI=1S/C31H28O7/c1-4-8-23-9-14-27(15-10-23)37-31(34)25-13-18-28(22(3)21-25)38-30(33)24-11-16-26(17-12-24)35-19-6-7-20-36-29(32)5-2/h5,9-18,21H,2,6-7,19-20H2,1,3H3. The monoisotopic (exact) mass is 512 g/mol. The zero-order valence-corrected chi connectivity index (χ0v) is 21.3. The van der Waals surface area contributed by atoms with Crippen LogP contribution in [0.4, 0.5) is 0 Å². The van der Waals surface area contributed by atoms with E-state index in [2.05, 4.69) is 18.4 Å². The molecule has 3 rings (SSSR count). The normalized spacial score (nSPS) is 9.95. The largest absolute Gasteiger partial charge is 0.494 e. The van der Waals surface area contributed by atoms with Crippen LogP contribution in [0.25, 0.3) is 0 Å². The van der Waals surface area contributed by atoms with Crippen molar-refractivity contribution in [1.29, 1.82) is 0 Å². The molecule has 0 atom stereocenters. The highest BCUT2D eigenvalue weighted by molar-refractivity contribution is 5.93. The van der Waals surface area contributed by atoms with Crippen LogP contribution < -0.4 is 14.2 Å². The molecule has 194 valence electrons.